The molecule has 4 heteroatoms. The third kappa shape index (κ3) is 2.66. The van der Waals surface area contributed by atoms with E-state index in [9.17, 15) is 4.79 Å². The summed E-state index contributed by atoms with van der Waals surface area (Å²) in [5.41, 5.74) is 7.25. The SMILES string of the molecule is Nc1cccc(COC(=O)N2CCCC2)c1. The predicted molar refractivity (Wildman–Crippen MR) is 61.8 cm³/mol. The van der Waals surface area contributed by atoms with E-state index in [1.165, 1.54) is 0 Å². The van der Waals surface area contributed by atoms with Crippen molar-refractivity contribution in [3.63, 3.8) is 0 Å². The van der Waals surface area contributed by atoms with Crippen LogP contribution in [0, 0.1) is 0 Å². The minimum Gasteiger partial charge on any atom is -0.445 e. The van der Waals surface area contributed by atoms with E-state index in [4.69, 9.17) is 10.5 Å². The van der Waals surface area contributed by atoms with Crippen LogP contribution < -0.4 is 5.73 Å². The van der Waals surface area contributed by atoms with Gasteiger partial charge in [-0.15, -0.1) is 0 Å². The van der Waals surface area contributed by atoms with Crippen LogP contribution in [0.3, 0.4) is 0 Å². The molecule has 1 aliphatic heterocycles. The molecule has 0 spiro atoms. The fraction of sp³-hybridized carbons (Fsp3) is 0.417. The van der Waals surface area contributed by atoms with Crippen molar-refractivity contribution < 1.29 is 9.53 Å². The van der Waals surface area contributed by atoms with Gasteiger partial charge < -0.3 is 15.4 Å². The molecule has 1 heterocycles. The molecular weight excluding hydrogens is 204 g/mol. The summed E-state index contributed by atoms with van der Waals surface area (Å²) in [6.07, 6.45) is 1.93. The Kier molecular flexibility index (Phi) is 3.29. The zero-order valence-corrected chi connectivity index (χ0v) is 9.19. The van der Waals surface area contributed by atoms with Gasteiger partial charge in [0.15, 0.2) is 0 Å². The molecule has 1 fully saturated rings. The molecule has 1 aromatic rings. The standard InChI is InChI=1S/C12H16N2O2/c13-11-5-3-4-10(8-11)9-16-12(15)14-6-1-2-7-14/h3-5,8H,1-2,6-7,9,13H2. The second-order valence-electron chi connectivity index (χ2n) is 3.99. The lowest BCUT2D eigenvalue weighted by atomic mass is 10.2. The maximum Gasteiger partial charge on any atom is 0.410 e. The van der Waals surface area contributed by atoms with Crippen molar-refractivity contribution in [2.75, 3.05) is 18.8 Å². The molecule has 0 atom stereocenters. The van der Waals surface area contributed by atoms with Crippen LogP contribution in [0.4, 0.5) is 10.5 Å². The summed E-state index contributed by atoms with van der Waals surface area (Å²) in [4.78, 5) is 13.3. The molecule has 1 saturated heterocycles. The predicted octanol–water partition coefficient (Wildman–Crippen LogP) is 2.00. The van der Waals surface area contributed by atoms with Gasteiger partial charge in [-0.05, 0) is 30.5 Å². The largest absolute Gasteiger partial charge is 0.445 e. The van der Waals surface area contributed by atoms with E-state index in [0.717, 1.165) is 31.5 Å². The number of hydrogen-bond donors (Lipinski definition) is 1. The van der Waals surface area contributed by atoms with Crippen molar-refractivity contribution in [1.82, 2.24) is 4.90 Å². The Labute approximate surface area is 95.0 Å². The number of nitrogen functional groups attached to an aromatic ring is 1. The summed E-state index contributed by atoms with van der Waals surface area (Å²) in [6.45, 7) is 1.92. The number of hydrogen-bond acceptors (Lipinski definition) is 3. The van der Waals surface area contributed by atoms with Gasteiger partial charge in [-0.25, -0.2) is 4.79 Å². The Hall–Kier alpha value is -1.71. The molecule has 0 radical (unpaired) electrons. The average molecular weight is 220 g/mol. The first-order valence-corrected chi connectivity index (χ1v) is 5.52. The van der Waals surface area contributed by atoms with Gasteiger partial charge in [-0.1, -0.05) is 12.1 Å². The molecule has 1 amide bonds. The van der Waals surface area contributed by atoms with Crippen LogP contribution in [0.2, 0.25) is 0 Å². The summed E-state index contributed by atoms with van der Waals surface area (Å²) in [5, 5.41) is 0. The maximum absolute atomic E-state index is 11.6. The third-order valence-corrected chi connectivity index (χ3v) is 2.68. The minimum absolute atomic E-state index is 0.222. The molecule has 1 aliphatic rings. The van der Waals surface area contributed by atoms with Crippen molar-refractivity contribution in [3.8, 4) is 0 Å². The Bertz CT molecular complexity index is 373. The zero-order chi connectivity index (χ0) is 11.4. The van der Waals surface area contributed by atoms with Gasteiger partial charge in [0.25, 0.3) is 0 Å². The Balaban J connectivity index is 1.84. The molecule has 0 saturated carbocycles. The smallest absolute Gasteiger partial charge is 0.410 e. The third-order valence-electron chi connectivity index (χ3n) is 2.68. The van der Waals surface area contributed by atoms with E-state index in [2.05, 4.69) is 0 Å². The Morgan fingerprint density at radius 1 is 1.38 bits per heavy atom. The first-order valence-electron chi connectivity index (χ1n) is 5.52. The molecule has 4 nitrogen and oxygen atoms in total. The van der Waals surface area contributed by atoms with Crippen LogP contribution >= 0.6 is 0 Å². The van der Waals surface area contributed by atoms with Gasteiger partial charge in [0.2, 0.25) is 0 Å². The number of amides is 1. The maximum atomic E-state index is 11.6. The highest BCUT2D eigenvalue weighted by Gasteiger charge is 2.18. The van der Waals surface area contributed by atoms with Crippen molar-refractivity contribution in [2.45, 2.75) is 19.4 Å². The number of nitrogens with two attached hydrogens (primary N) is 1. The number of ether oxygens (including phenoxy) is 1. The number of benzene rings is 1. The van der Waals surface area contributed by atoms with Crippen LogP contribution in [-0.2, 0) is 11.3 Å². The van der Waals surface area contributed by atoms with Gasteiger partial charge in [-0.2, -0.15) is 0 Å². The van der Waals surface area contributed by atoms with E-state index < -0.39 is 0 Å². The molecule has 2 rings (SSSR count). The van der Waals surface area contributed by atoms with Crippen molar-refractivity contribution in [1.29, 1.82) is 0 Å². The van der Waals surface area contributed by atoms with E-state index in [-0.39, 0.29) is 6.09 Å². The van der Waals surface area contributed by atoms with Crippen LogP contribution in [-0.4, -0.2) is 24.1 Å². The average Bonchev–Trinajstić information content (AvgIpc) is 2.79. The van der Waals surface area contributed by atoms with E-state index in [1.54, 1.807) is 4.90 Å². The quantitative estimate of drug-likeness (QED) is 0.775. The number of anilines is 1. The minimum atomic E-state index is -0.222. The molecule has 16 heavy (non-hydrogen) atoms. The number of carbonyl (C=O) groups is 1. The van der Waals surface area contributed by atoms with Crippen LogP contribution in [0.1, 0.15) is 18.4 Å². The topological polar surface area (TPSA) is 55.6 Å². The summed E-state index contributed by atoms with van der Waals surface area (Å²) in [6, 6.07) is 7.38. The van der Waals surface area contributed by atoms with Crippen molar-refractivity contribution >= 4 is 11.8 Å². The van der Waals surface area contributed by atoms with E-state index in [0.29, 0.717) is 12.3 Å². The number of carbonyl (C=O) groups excluding carboxylic acids is 1. The van der Waals surface area contributed by atoms with Gasteiger partial charge in [-0.3, -0.25) is 0 Å². The lowest BCUT2D eigenvalue weighted by molar-refractivity contribution is 0.104. The second kappa shape index (κ2) is 4.88. The fourth-order valence-electron chi connectivity index (χ4n) is 1.82. The first kappa shape index (κ1) is 10.8. The number of likely N-dealkylation sites (tertiary alicyclic amines) is 1. The molecule has 1 aromatic carbocycles. The molecule has 86 valence electrons. The molecule has 2 N–H and O–H groups in total. The number of rotatable bonds is 2. The van der Waals surface area contributed by atoms with Crippen molar-refractivity contribution in [3.05, 3.63) is 29.8 Å². The zero-order valence-electron chi connectivity index (χ0n) is 9.19. The normalized spacial score (nSPS) is 15.1. The van der Waals surface area contributed by atoms with Gasteiger partial charge in [0.1, 0.15) is 6.61 Å². The fourth-order valence-corrected chi connectivity index (χ4v) is 1.82. The molecule has 0 aromatic heterocycles. The molecule has 0 bridgehead atoms. The van der Waals surface area contributed by atoms with Crippen LogP contribution in [0.15, 0.2) is 24.3 Å². The summed E-state index contributed by atoms with van der Waals surface area (Å²) in [7, 11) is 0. The second-order valence-corrected chi connectivity index (χ2v) is 3.99. The first-order chi connectivity index (χ1) is 7.75. The Morgan fingerprint density at radius 3 is 2.81 bits per heavy atom. The molecule has 0 aliphatic carbocycles. The highest BCUT2D eigenvalue weighted by atomic mass is 16.6. The van der Waals surface area contributed by atoms with Crippen molar-refractivity contribution in [2.24, 2.45) is 0 Å². The Morgan fingerprint density at radius 2 is 2.12 bits per heavy atom. The number of nitrogens with zero attached hydrogens (tertiary/aromatic N) is 1. The highest BCUT2D eigenvalue weighted by molar-refractivity contribution is 5.67. The summed E-state index contributed by atoms with van der Waals surface area (Å²) in [5.74, 6) is 0. The van der Waals surface area contributed by atoms with E-state index >= 15 is 0 Å². The monoisotopic (exact) mass is 220 g/mol. The molecular formula is C12H16N2O2. The lowest BCUT2D eigenvalue weighted by Gasteiger charge is -2.15. The van der Waals surface area contributed by atoms with Crippen LogP contribution in [0.25, 0.3) is 0 Å². The van der Waals surface area contributed by atoms with E-state index in [1.807, 2.05) is 24.3 Å². The van der Waals surface area contributed by atoms with Gasteiger partial charge >= 0.3 is 6.09 Å². The van der Waals surface area contributed by atoms with Crippen LogP contribution in [0.5, 0.6) is 0 Å². The summed E-state index contributed by atoms with van der Waals surface area (Å²) >= 11 is 0. The lowest BCUT2D eigenvalue weighted by Crippen LogP contribution is -2.28. The summed E-state index contributed by atoms with van der Waals surface area (Å²) < 4.78 is 5.20. The van der Waals surface area contributed by atoms with Gasteiger partial charge in [0.05, 0.1) is 0 Å². The molecule has 0 unspecified atom stereocenters. The highest BCUT2D eigenvalue weighted by Crippen LogP contribution is 2.11. The van der Waals surface area contributed by atoms with Gasteiger partial charge in [0, 0.05) is 18.8 Å².